The smallest absolute Gasteiger partial charge is 0.136 e. The quantitative estimate of drug-likeness (QED) is 0.165. The maximum atomic E-state index is 8.63. The van der Waals surface area contributed by atoms with Crippen molar-refractivity contribution in [1.29, 1.82) is 0 Å². The number of imidazole rings is 1. The van der Waals surface area contributed by atoms with E-state index >= 15 is 0 Å². The SMILES string of the molecule is [2H]C([2H])([2H])c1c[c-]c(-c2cc(C(C)(C)C)ccn2)cc1.[2H]C([2H])([2H])c1c[c-]c(-c2nc3ccccc3n2-c2c(-c3ccc4c(c3)C3(C)CCC4(C)CC3)cccc2C(C)(C)C)c2oc3cc4c(cc3c12)oc1ccccc14.[Ir]. The number of furan rings is 2. The Morgan fingerprint density at radius 3 is 2.15 bits per heavy atom. The fourth-order valence-corrected chi connectivity index (χ4v) is 11.5. The molecule has 4 aromatic heterocycles. The predicted molar refractivity (Wildman–Crippen MR) is 294 cm³/mol. The molecule has 0 amide bonds. The molecular weight excluding hydrogens is 1060 g/mol. The fourth-order valence-electron chi connectivity index (χ4n) is 11.5. The molecule has 11 aromatic rings. The van der Waals surface area contributed by atoms with Gasteiger partial charge in [-0.05, 0) is 117 Å². The Bertz CT molecular complexity index is 4140. The van der Waals surface area contributed by atoms with Crippen LogP contribution in [0, 0.1) is 25.8 Å². The maximum Gasteiger partial charge on any atom is 0.136 e. The van der Waals surface area contributed by atoms with E-state index in [0.29, 0.717) is 44.5 Å². The Morgan fingerprint density at radius 1 is 0.653 bits per heavy atom. The van der Waals surface area contributed by atoms with Gasteiger partial charge in [0.15, 0.2) is 0 Å². The topological polar surface area (TPSA) is 57.0 Å². The van der Waals surface area contributed by atoms with Crippen LogP contribution in [-0.2, 0) is 41.8 Å². The Hall–Kier alpha value is -6.59. The Kier molecular flexibility index (Phi) is 9.83. The van der Waals surface area contributed by atoms with Crippen molar-refractivity contribution < 1.29 is 37.2 Å². The fraction of sp³-hybridized carbons (Fsp3) is 0.273. The van der Waals surface area contributed by atoms with Crippen molar-refractivity contribution in [2.75, 3.05) is 0 Å². The summed E-state index contributed by atoms with van der Waals surface area (Å²) in [5.74, 6) is 0.640. The molecule has 3 aliphatic carbocycles. The van der Waals surface area contributed by atoms with E-state index in [1.54, 1.807) is 24.4 Å². The first-order chi connectivity index (χ1) is 36.4. The molecule has 0 N–H and O–H groups in total. The number of aryl methyl sites for hydroxylation is 2. The first-order valence-electron chi connectivity index (χ1n) is 27.9. The Labute approximate surface area is 445 Å². The third-order valence-electron chi connectivity index (χ3n) is 15.7. The molecule has 1 fully saturated rings. The van der Waals surface area contributed by atoms with Gasteiger partial charge in [0.1, 0.15) is 16.7 Å². The molecule has 5 nitrogen and oxygen atoms in total. The minimum Gasteiger partial charge on any atom is -0.501 e. The summed E-state index contributed by atoms with van der Waals surface area (Å²) in [6.45, 7) is 13.6. The molecule has 72 heavy (non-hydrogen) atoms. The summed E-state index contributed by atoms with van der Waals surface area (Å²) >= 11 is 0. The molecule has 3 aliphatic rings. The van der Waals surface area contributed by atoms with Gasteiger partial charge >= 0.3 is 0 Å². The molecule has 1 radical (unpaired) electrons. The third kappa shape index (κ3) is 7.85. The van der Waals surface area contributed by atoms with E-state index in [-0.39, 0.29) is 47.3 Å². The van der Waals surface area contributed by atoms with Crippen LogP contribution in [0.15, 0.2) is 148 Å². The molecule has 6 heteroatoms. The van der Waals surface area contributed by atoms with E-state index in [0.717, 1.165) is 49.9 Å². The monoisotopic (exact) mass is 1130 g/mol. The largest absolute Gasteiger partial charge is 0.501 e. The number of nitrogens with zero attached hydrogens (tertiary/aromatic N) is 3. The van der Waals surface area contributed by atoms with Crippen molar-refractivity contribution in [3.63, 3.8) is 0 Å². The first kappa shape index (κ1) is 40.9. The summed E-state index contributed by atoms with van der Waals surface area (Å²) in [4.78, 5) is 9.69. The van der Waals surface area contributed by atoms with Gasteiger partial charge in [0, 0.05) is 56.2 Å². The maximum absolute atomic E-state index is 8.63. The zero-order chi connectivity index (χ0) is 54.2. The van der Waals surface area contributed by atoms with Gasteiger partial charge in [-0.2, -0.15) is 0 Å². The molecule has 0 spiro atoms. The van der Waals surface area contributed by atoms with Gasteiger partial charge in [-0.1, -0.05) is 153 Å². The summed E-state index contributed by atoms with van der Waals surface area (Å²) in [5.41, 5.74) is 15.9. The van der Waals surface area contributed by atoms with Crippen LogP contribution in [0.1, 0.15) is 123 Å². The number of pyridine rings is 1. The number of aromatic nitrogens is 3. The summed E-state index contributed by atoms with van der Waals surface area (Å²) in [6, 6.07) is 50.9. The van der Waals surface area contributed by atoms with Crippen molar-refractivity contribution in [1.82, 2.24) is 14.5 Å². The number of rotatable bonds is 4. The van der Waals surface area contributed by atoms with E-state index < -0.39 is 13.7 Å². The Balaban J connectivity index is 0.000000261. The van der Waals surface area contributed by atoms with Crippen LogP contribution in [-0.4, -0.2) is 14.5 Å². The second kappa shape index (κ2) is 17.3. The van der Waals surface area contributed by atoms with Gasteiger partial charge in [-0.25, -0.2) is 0 Å². The van der Waals surface area contributed by atoms with Crippen LogP contribution in [0.5, 0.6) is 0 Å². The van der Waals surface area contributed by atoms with Gasteiger partial charge in [0.2, 0.25) is 0 Å². The van der Waals surface area contributed by atoms with Gasteiger partial charge in [0.25, 0.3) is 0 Å². The number of hydrogen-bond donors (Lipinski definition) is 0. The summed E-state index contributed by atoms with van der Waals surface area (Å²) in [5, 5.41) is 3.09. The Morgan fingerprint density at radius 2 is 1.40 bits per heavy atom. The van der Waals surface area contributed by atoms with E-state index in [1.165, 1.54) is 59.6 Å². The molecule has 14 rings (SSSR count). The molecule has 363 valence electrons. The summed E-state index contributed by atoms with van der Waals surface area (Å²) in [7, 11) is 0. The van der Waals surface area contributed by atoms with Crippen molar-refractivity contribution in [2.24, 2.45) is 0 Å². The normalized spacial score (nSPS) is 19.2. The van der Waals surface area contributed by atoms with E-state index in [1.807, 2.05) is 60.7 Å². The standard InChI is InChI=1S/C50H43N2O2.C16H18N.Ir/c1-29-18-20-33(46-44(29)35-28-42-34(27-43(35)54-46)32-12-7-10-17-41(32)53-42)47-51-39-15-8-9-16-40(39)52(47)45-31(13-11-14-37(45)48(2,3)4)30-19-21-36-38(26-30)50(6)24-22-49(36,5)23-25-50;1-12-5-7-13(8-6-12)15-11-14(9-10-17-15)16(2,3)4;/h7-19,21,26-28H,22-25H2,1-6H3;5-7,9-11H,1-4H3;/q2*-1;/i2*1D3;. The minimum absolute atomic E-state index is 0. The number of benzene rings is 7. The predicted octanol–water partition coefficient (Wildman–Crippen LogP) is 17.8. The molecule has 7 aromatic carbocycles. The second-order valence-corrected chi connectivity index (χ2v) is 22.6. The third-order valence-corrected chi connectivity index (χ3v) is 15.7. The summed E-state index contributed by atoms with van der Waals surface area (Å²) < 4.78 is 63.4. The van der Waals surface area contributed by atoms with Crippen molar-refractivity contribution in [3.8, 4) is 39.5 Å². The van der Waals surface area contributed by atoms with E-state index in [2.05, 4.69) is 126 Å². The van der Waals surface area contributed by atoms with Crippen molar-refractivity contribution in [2.45, 2.75) is 116 Å². The van der Waals surface area contributed by atoms with Gasteiger partial charge in [-0.3, -0.25) is 4.98 Å². The number of fused-ring (bicyclic) bond motifs is 9. The van der Waals surface area contributed by atoms with Crippen molar-refractivity contribution >= 4 is 54.9 Å². The molecule has 2 bridgehead atoms. The average Bonchev–Trinajstić information content (AvgIpc) is 4.11. The minimum atomic E-state index is -2.42. The zero-order valence-electron chi connectivity index (χ0n) is 48.1. The molecular formula is C66H61IrN3O2-2. The van der Waals surface area contributed by atoms with Crippen LogP contribution < -0.4 is 0 Å². The molecule has 0 aliphatic heterocycles. The zero-order valence-corrected chi connectivity index (χ0v) is 44.5. The second-order valence-electron chi connectivity index (χ2n) is 22.6. The number of hydrogen-bond acceptors (Lipinski definition) is 4. The van der Waals surface area contributed by atoms with Gasteiger partial charge < -0.3 is 18.4 Å². The first-order valence-corrected chi connectivity index (χ1v) is 24.9. The van der Waals surface area contributed by atoms with Gasteiger partial charge in [-0.15, -0.1) is 53.1 Å². The van der Waals surface area contributed by atoms with Crippen LogP contribution in [0.3, 0.4) is 0 Å². The van der Waals surface area contributed by atoms with Crippen molar-refractivity contribution in [3.05, 3.63) is 185 Å². The van der Waals surface area contributed by atoms with Crippen LogP contribution in [0.4, 0.5) is 0 Å². The van der Waals surface area contributed by atoms with Crippen LogP contribution in [0.2, 0.25) is 0 Å². The molecule has 0 atom stereocenters. The van der Waals surface area contributed by atoms with Crippen LogP contribution >= 0.6 is 0 Å². The van der Waals surface area contributed by atoms with Crippen LogP contribution in [0.25, 0.3) is 94.4 Å². The molecule has 0 unspecified atom stereocenters. The molecule has 0 saturated heterocycles. The average molecular weight is 1130 g/mol. The van der Waals surface area contributed by atoms with E-state index in [4.69, 9.17) is 22.0 Å². The molecule has 4 heterocycles. The number of para-hydroxylation sites is 4. The van der Waals surface area contributed by atoms with E-state index in [9.17, 15) is 0 Å². The summed E-state index contributed by atoms with van der Waals surface area (Å²) in [6.07, 6.45) is 6.68. The van der Waals surface area contributed by atoms with Gasteiger partial charge in [0.05, 0.1) is 28.1 Å². The molecule has 1 saturated carbocycles.